The second-order valence-corrected chi connectivity index (χ2v) is 8.13. The number of carbonyl (C=O) groups excluding carboxylic acids is 2. The van der Waals surface area contributed by atoms with Gasteiger partial charge < -0.3 is 10.2 Å². The molecule has 0 saturated heterocycles. The predicted molar refractivity (Wildman–Crippen MR) is 134 cm³/mol. The van der Waals surface area contributed by atoms with E-state index in [-0.39, 0.29) is 22.9 Å². The van der Waals surface area contributed by atoms with Crippen LogP contribution in [0.3, 0.4) is 0 Å². The van der Waals surface area contributed by atoms with Gasteiger partial charge in [-0.2, -0.15) is 13.2 Å². The summed E-state index contributed by atoms with van der Waals surface area (Å²) in [4.78, 5) is 32.8. The Labute approximate surface area is 206 Å². The zero-order valence-corrected chi connectivity index (χ0v) is 19.8. The number of pyridine rings is 1. The van der Waals surface area contributed by atoms with Crippen LogP contribution >= 0.6 is 0 Å². The summed E-state index contributed by atoms with van der Waals surface area (Å²) >= 11 is 0. The van der Waals surface area contributed by atoms with Crippen LogP contribution < -0.4 is 5.32 Å². The summed E-state index contributed by atoms with van der Waals surface area (Å²) in [6.07, 6.45) is -4.45. The summed E-state index contributed by atoms with van der Waals surface area (Å²) < 4.78 is 39.0. The predicted octanol–water partition coefficient (Wildman–Crippen LogP) is 6.65. The third-order valence-corrected chi connectivity index (χ3v) is 5.93. The Bertz CT molecular complexity index is 1410. The Kier molecular flexibility index (Phi) is 7.05. The number of halogens is 3. The average Bonchev–Trinajstić information content (AvgIpc) is 2.88. The third kappa shape index (κ3) is 5.07. The molecule has 0 saturated carbocycles. The van der Waals surface area contributed by atoms with Crippen molar-refractivity contribution in [1.29, 1.82) is 0 Å². The van der Waals surface area contributed by atoms with Crippen LogP contribution in [0.1, 0.15) is 40.1 Å². The molecule has 0 aliphatic carbocycles. The van der Waals surface area contributed by atoms with Gasteiger partial charge in [0, 0.05) is 24.0 Å². The van der Waals surface area contributed by atoms with Crippen LogP contribution in [-0.4, -0.2) is 34.8 Å². The molecule has 5 nitrogen and oxygen atoms in total. The third-order valence-electron chi connectivity index (χ3n) is 5.93. The molecule has 0 aliphatic rings. The van der Waals surface area contributed by atoms with E-state index in [2.05, 4.69) is 10.3 Å². The molecular formula is C28H24F3N3O2. The Balaban J connectivity index is 1.74. The Hall–Kier alpha value is -4.20. The summed E-state index contributed by atoms with van der Waals surface area (Å²) in [5.41, 5.74) is 1.26. The van der Waals surface area contributed by atoms with Crippen LogP contribution in [0, 0.1) is 0 Å². The van der Waals surface area contributed by atoms with Gasteiger partial charge in [-0.15, -0.1) is 0 Å². The topological polar surface area (TPSA) is 62.3 Å². The van der Waals surface area contributed by atoms with E-state index in [1.807, 2.05) is 32.0 Å². The van der Waals surface area contributed by atoms with Crippen LogP contribution in [0.5, 0.6) is 0 Å². The van der Waals surface area contributed by atoms with E-state index in [4.69, 9.17) is 0 Å². The van der Waals surface area contributed by atoms with Gasteiger partial charge in [0.2, 0.25) is 0 Å². The molecule has 3 aromatic carbocycles. The van der Waals surface area contributed by atoms with E-state index in [0.29, 0.717) is 29.7 Å². The molecule has 2 amide bonds. The minimum absolute atomic E-state index is 0.123. The SMILES string of the molecule is CCN(CC)C(=O)c1cc2ccccc2nc1NC(=O)c1ccccc1-c1ccc(C(F)(F)F)cc1. The molecule has 1 aromatic heterocycles. The van der Waals surface area contributed by atoms with Crippen molar-refractivity contribution in [3.63, 3.8) is 0 Å². The molecule has 0 spiro atoms. The molecule has 8 heteroatoms. The molecule has 0 radical (unpaired) electrons. The van der Waals surface area contributed by atoms with E-state index in [1.54, 1.807) is 41.3 Å². The van der Waals surface area contributed by atoms with Crippen molar-refractivity contribution in [2.45, 2.75) is 20.0 Å². The van der Waals surface area contributed by atoms with Crippen LogP contribution in [-0.2, 0) is 6.18 Å². The molecule has 1 N–H and O–H groups in total. The van der Waals surface area contributed by atoms with E-state index in [1.165, 1.54) is 12.1 Å². The van der Waals surface area contributed by atoms with Gasteiger partial charge in [0.05, 0.1) is 16.6 Å². The van der Waals surface area contributed by atoms with Crippen molar-refractivity contribution in [3.8, 4) is 11.1 Å². The van der Waals surface area contributed by atoms with Gasteiger partial charge in [0.1, 0.15) is 5.82 Å². The van der Waals surface area contributed by atoms with Gasteiger partial charge in [-0.05, 0) is 55.3 Å². The van der Waals surface area contributed by atoms with Gasteiger partial charge in [-0.3, -0.25) is 9.59 Å². The van der Waals surface area contributed by atoms with E-state index in [9.17, 15) is 22.8 Å². The fraction of sp³-hybridized carbons (Fsp3) is 0.179. The summed E-state index contributed by atoms with van der Waals surface area (Å²) in [7, 11) is 0. The number of amides is 2. The van der Waals surface area contributed by atoms with Gasteiger partial charge in [-0.25, -0.2) is 4.98 Å². The average molecular weight is 492 g/mol. The molecule has 0 bridgehead atoms. The largest absolute Gasteiger partial charge is 0.416 e. The van der Waals surface area contributed by atoms with Gasteiger partial charge in [0.15, 0.2) is 0 Å². The van der Waals surface area contributed by atoms with E-state index >= 15 is 0 Å². The maximum Gasteiger partial charge on any atom is 0.416 e. The van der Waals surface area contributed by atoms with Gasteiger partial charge in [0.25, 0.3) is 11.8 Å². The molecule has 4 rings (SSSR count). The highest BCUT2D eigenvalue weighted by molar-refractivity contribution is 6.12. The van der Waals surface area contributed by atoms with Gasteiger partial charge in [-0.1, -0.05) is 48.5 Å². The highest BCUT2D eigenvalue weighted by Gasteiger charge is 2.30. The lowest BCUT2D eigenvalue weighted by Crippen LogP contribution is -2.31. The van der Waals surface area contributed by atoms with Crippen LogP contribution in [0.25, 0.3) is 22.0 Å². The number of carbonyl (C=O) groups is 2. The zero-order chi connectivity index (χ0) is 25.9. The molecule has 0 unspecified atom stereocenters. The minimum atomic E-state index is -4.45. The lowest BCUT2D eigenvalue weighted by Gasteiger charge is -2.21. The van der Waals surface area contributed by atoms with Crippen molar-refractivity contribution in [3.05, 3.63) is 95.6 Å². The maximum absolute atomic E-state index is 13.4. The van der Waals surface area contributed by atoms with Gasteiger partial charge >= 0.3 is 6.18 Å². The number of anilines is 1. The number of rotatable bonds is 6. The lowest BCUT2D eigenvalue weighted by atomic mass is 9.98. The number of alkyl halides is 3. The molecule has 4 aromatic rings. The summed E-state index contributed by atoms with van der Waals surface area (Å²) in [5, 5.41) is 3.53. The molecule has 0 aliphatic heterocycles. The highest BCUT2D eigenvalue weighted by atomic mass is 19.4. The Morgan fingerprint density at radius 1 is 0.861 bits per heavy atom. The van der Waals surface area contributed by atoms with Crippen molar-refractivity contribution >= 4 is 28.5 Å². The minimum Gasteiger partial charge on any atom is -0.339 e. The molecule has 0 atom stereocenters. The quantitative estimate of drug-likeness (QED) is 0.328. The number of aromatic nitrogens is 1. The normalized spacial score (nSPS) is 11.4. The fourth-order valence-corrected chi connectivity index (χ4v) is 4.00. The molecule has 184 valence electrons. The zero-order valence-electron chi connectivity index (χ0n) is 19.8. The number of benzene rings is 3. The monoisotopic (exact) mass is 491 g/mol. The number of hydrogen-bond donors (Lipinski definition) is 1. The van der Waals surface area contributed by atoms with Crippen LogP contribution in [0.2, 0.25) is 0 Å². The second-order valence-electron chi connectivity index (χ2n) is 8.13. The summed E-state index contributed by atoms with van der Waals surface area (Å²) in [6, 6.07) is 20.2. The first-order valence-corrected chi connectivity index (χ1v) is 11.5. The Morgan fingerprint density at radius 2 is 1.50 bits per heavy atom. The number of nitrogens with one attached hydrogen (secondary N) is 1. The fourth-order valence-electron chi connectivity index (χ4n) is 4.00. The van der Waals surface area contributed by atoms with E-state index in [0.717, 1.165) is 17.5 Å². The lowest BCUT2D eigenvalue weighted by molar-refractivity contribution is -0.137. The first-order valence-electron chi connectivity index (χ1n) is 11.5. The summed E-state index contributed by atoms with van der Waals surface area (Å²) in [6.45, 7) is 4.72. The first-order chi connectivity index (χ1) is 17.2. The van der Waals surface area contributed by atoms with Crippen molar-refractivity contribution in [2.75, 3.05) is 18.4 Å². The molecule has 0 fully saturated rings. The Morgan fingerprint density at radius 3 is 2.17 bits per heavy atom. The van der Waals surface area contributed by atoms with Crippen molar-refractivity contribution < 1.29 is 22.8 Å². The molecule has 36 heavy (non-hydrogen) atoms. The first kappa shape index (κ1) is 24.9. The summed E-state index contributed by atoms with van der Waals surface area (Å²) in [5.74, 6) is -0.663. The maximum atomic E-state index is 13.4. The number of hydrogen-bond acceptors (Lipinski definition) is 3. The second kappa shape index (κ2) is 10.2. The van der Waals surface area contributed by atoms with Crippen LogP contribution in [0.15, 0.2) is 78.9 Å². The number of nitrogens with zero attached hydrogens (tertiary/aromatic N) is 2. The number of fused-ring (bicyclic) bond motifs is 1. The molecule has 1 heterocycles. The molecular weight excluding hydrogens is 467 g/mol. The van der Waals surface area contributed by atoms with Crippen molar-refractivity contribution in [1.82, 2.24) is 9.88 Å². The van der Waals surface area contributed by atoms with E-state index < -0.39 is 17.6 Å². The standard InChI is InChI=1S/C28H24F3N3O2/c1-3-34(4-2)27(36)23-17-19-9-5-8-12-24(19)32-25(23)33-26(35)22-11-7-6-10-21(22)18-13-15-20(16-14-18)28(29,30)31/h5-17H,3-4H2,1-2H3,(H,32,33,35). The van der Waals surface area contributed by atoms with Crippen LogP contribution in [0.4, 0.5) is 19.0 Å². The van der Waals surface area contributed by atoms with Crippen molar-refractivity contribution in [2.24, 2.45) is 0 Å². The highest BCUT2D eigenvalue weighted by Crippen LogP contribution is 2.32. The number of para-hydroxylation sites is 1. The smallest absolute Gasteiger partial charge is 0.339 e.